The second-order valence-electron chi connectivity index (χ2n) is 4.56. The molecule has 0 aliphatic rings. The van der Waals surface area contributed by atoms with E-state index in [0.29, 0.717) is 13.1 Å². The van der Waals surface area contributed by atoms with Crippen LogP contribution in [0.3, 0.4) is 0 Å². The van der Waals surface area contributed by atoms with Crippen LogP contribution in [0, 0.1) is 12.8 Å². The molecule has 4 N–H and O–H groups in total. The number of nitrogens with one attached hydrogen (secondary N) is 2. The molecule has 1 heterocycles. The van der Waals surface area contributed by atoms with Gasteiger partial charge in [-0.05, 0) is 24.6 Å². The van der Waals surface area contributed by atoms with Crippen molar-refractivity contribution >= 4 is 16.9 Å². The second-order valence-corrected chi connectivity index (χ2v) is 4.56. The molecule has 18 heavy (non-hydrogen) atoms. The average molecular weight is 246 g/mol. The zero-order chi connectivity index (χ0) is 13.1. The number of hydrogen-bond donors (Lipinski definition) is 3. The Hall–Kier alpha value is -1.88. The van der Waals surface area contributed by atoms with E-state index in [9.17, 15) is 4.79 Å². The number of benzene rings is 1. The van der Waals surface area contributed by atoms with Crippen molar-refractivity contribution in [1.82, 2.24) is 15.3 Å². The highest BCUT2D eigenvalue weighted by Crippen LogP contribution is 2.13. The van der Waals surface area contributed by atoms with Gasteiger partial charge in [-0.1, -0.05) is 13.0 Å². The fraction of sp³-hybridized carbons (Fsp3) is 0.385. The van der Waals surface area contributed by atoms with Crippen LogP contribution in [0.15, 0.2) is 18.2 Å². The van der Waals surface area contributed by atoms with E-state index >= 15 is 0 Å². The largest absolute Gasteiger partial charge is 0.349 e. The number of nitrogens with two attached hydrogens (primary N) is 1. The molecule has 0 radical (unpaired) electrons. The summed E-state index contributed by atoms with van der Waals surface area (Å²) < 4.78 is 0. The number of H-pyrrole nitrogens is 1. The fourth-order valence-electron chi connectivity index (χ4n) is 1.71. The van der Waals surface area contributed by atoms with Gasteiger partial charge in [0.05, 0.1) is 17.6 Å². The molecular formula is C13H18N4O. The van der Waals surface area contributed by atoms with E-state index in [4.69, 9.17) is 5.73 Å². The van der Waals surface area contributed by atoms with Crippen molar-refractivity contribution in [2.24, 2.45) is 11.7 Å². The maximum absolute atomic E-state index is 11.6. The normalized spacial score (nSPS) is 12.6. The molecule has 1 unspecified atom stereocenters. The number of carbonyl (C=O) groups is 1. The van der Waals surface area contributed by atoms with E-state index < -0.39 is 0 Å². The average Bonchev–Trinajstić information content (AvgIpc) is 2.76. The Balaban J connectivity index is 2.06. The van der Waals surface area contributed by atoms with Crippen LogP contribution in [0.1, 0.15) is 18.3 Å². The van der Waals surface area contributed by atoms with Crippen LogP contribution < -0.4 is 11.1 Å². The van der Waals surface area contributed by atoms with Crippen molar-refractivity contribution in [3.8, 4) is 0 Å². The topological polar surface area (TPSA) is 83.8 Å². The van der Waals surface area contributed by atoms with Crippen molar-refractivity contribution in [2.45, 2.75) is 20.4 Å². The van der Waals surface area contributed by atoms with Gasteiger partial charge in [0.15, 0.2) is 0 Å². The quantitative estimate of drug-likeness (QED) is 0.755. The number of aromatic nitrogens is 2. The molecular weight excluding hydrogens is 228 g/mol. The summed E-state index contributed by atoms with van der Waals surface area (Å²) in [4.78, 5) is 19.2. The second kappa shape index (κ2) is 5.18. The molecule has 5 heteroatoms. The first-order chi connectivity index (χ1) is 8.60. The van der Waals surface area contributed by atoms with Gasteiger partial charge in [-0.25, -0.2) is 4.98 Å². The molecule has 2 rings (SSSR count). The molecule has 1 atom stereocenters. The van der Waals surface area contributed by atoms with E-state index in [2.05, 4.69) is 15.3 Å². The third kappa shape index (κ3) is 2.68. The first-order valence-corrected chi connectivity index (χ1v) is 6.03. The van der Waals surface area contributed by atoms with Crippen LogP contribution in [0.4, 0.5) is 0 Å². The molecule has 0 aliphatic carbocycles. The highest BCUT2D eigenvalue weighted by molar-refractivity contribution is 5.79. The highest BCUT2D eigenvalue weighted by atomic mass is 16.1. The summed E-state index contributed by atoms with van der Waals surface area (Å²) in [5.74, 6) is 0.541. The van der Waals surface area contributed by atoms with Gasteiger partial charge in [0.1, 0.15) is 5.82 Å². The minimum Gasteiger partial charge on any atom is -0.349 e. The molecule has 96 valence electrons. The lowest BCUT2D eigenvalue weighted by Gasteiger charge is -2.07. The molecule has 0 saturated carbocycles. The van der Waals surface area contributed by atoms with Crippen LogP contribution in [0.5, 0.6) is 0 Å². The van der Waals surface area contributed by atoms with Crippen LogP contribution in [-0.4, -0.2) is 22.4 Å². The van der Waals surface area contributed by atoms with Crippen molar-refractivity contribution in [3.05, 3.63) is 29.6 Å². The number of hydrogen-bond acceptors (Lipinski definition) is 3. The Bertz CT molecular complexity index is 561. The van der Waals surface area contributed by atoms with Gasteiger partial charge in [0.2, 0.25) is 5.91 Å². The third-order valence-electron chi connectivity index (χ3n) is 2.92. The summed E-state index contributed by atoms with van der Waals surface area (Å²) in [6, 6.07) is 6.02. The SMILES string of the molecule is Cc1ccc2nc(CNC(=O)C(C)CN)[nH]c2c1. The molecule has 0 saturated heterocycles. The summed E-state index contributed by atoms with van der Waals surface area (Å²) in [5.41, 5.74) is 8.52. The van der Waals surface area contributed by atoms with Crippen LogP contribution in [0.25, 0.3) is 11.0 Å². The molecule has 2 aromatic rings. The maximum Gasteiger partial charge on any atom is 0.224 e. The molecule has 0 aliphatic heterocycles. The number of fused-ring (bicyclic) bond motifs is 1. The van der Waals surface area contributed by atoms with Gasteiger partial charge in [0, 0.05) is 12.5 Å². The van der Waals surface area contributed by atoms with Crippen molar-refractivity contribution in [2.75, 3.05) is 6.54 Å². The van der Waals surface area contributed by atoms with E-state index in [1.807, 2.05) is 25.1 Å². The van der Waals surface area contributed by atoms with Gasteiger partial charge < -0.3 is 16.0 Å². The molecule has 0 bridgehead atoms. The first kappa shape index (κ1) is 12.6. The lowest BCUT2D eigenvalue weighted by Crippen LogP contribution is -2.33. The van der Waals surface area contributed by atoms with E-state index in [-0.39, 0.29) is 11.8 Å². The molecule has 1 aromatic heterocycles. The summed E-state index contributed by atoms with van der Waals surface area (Å²) in [5, 5.41) is 2.81. The predicted octanol–water partition coefficient (Wildman–Crippen LogP) is 1.08. The minimum atomic E-state index is -0.170. The smallest absolute Gasteiger partial charge is 0.224 e. The first-order valence-electron chi connectivity index (χ1n) is 6.03. The standard InChI is InChI=1S/C13H18N4O/c1-8-3-4-10-11(5-8)17-12(16-10)7-15-13(18)9(2)6-14/h3-5,9H,6-7,14H2,1-2H3,(H,15,18)(H,16,17). The molecule has 1 aromatic carbocycles. The Morgan fingerprint density at radius 1 is 1.56 bits per heavy atom. The van der Waals surface area contributed by atoms with E-state index in [0.717, 1.165) is 16.9 Å². The summed E-state index contributed by atoms with van der Waals surface area (Å²) in [7, 11) is 0. The Labute approximate surface area is 106 Å². The lowest BCUT2D eigenvalue weighted by atomic mass is 10.2. The number of imidazole rings is 1. The summed E-state index contributed by atoms with van der Waals surface area (Å²) >= 11 is 0. The monoisotopic (exact) mass is 246 g/mol. The van der Waals surface area contributed by atoms with E-state index in [1.54, 1.807) is 6.92 Å². The van der Waals surface area contributed by atoms with Crippen molar-refractivity contribution < 1.29 is 4.79 Å². The number of rotatable bonds is 4. The highest BCUT2D eigenvalue weighted by Gasteiger charge is 2.11. The van der Waals surface area contributed by atoms with Crippen LogP contribution in [-0.2, 0) is 11.3 Å². The maximum atomic E-state index is 11.6. The summed E-state index contributed by atoms with van der Waals surface area (Å²) in [6.07, 6.45) is 0. The Kier molecular flexibility index (Phi) is 3.62. The van der Waals surface area contributed by atoms with Crippen LogP contribution >= 0.6 is 0 Å². The van der Waals surface area contributed by atoms with Crippen molar-refractivity contribution in [1.29, 1.82) is 0 Å². The zero-order valence-corrected chi connectivity index (χ0v) is 10.7. The van der Waals surface area contributed by atoms with Crippen molar-refractivity contribution in [3.63, 3.8) is 0 Å². The van der Waals surface area contributed by atoms with Gasteiger partial charge in [-0.2, -0.15) is 0 Å². The fourth-order valence-corrected chi connectivity index (χ4v) is 1.71. The minimum absolute atomic E-state index is 0.0471. The summed E-state index contributed by atoms with van der Waals surface area (Å²) in [6.45, 7) is 4.59. The molecule has 0 spiro atoms. The number of aromatic amines is 1. The number of aryl methyl sites for hydroxylation is 1. The van der Waals surface area contributed by atoms with E-state index in [1.165, 1.54) is 5.56 Å². The third-order valence-corrected chi connectivity index (χ3v) is 2.92. The van der Waals surface area contributed by atoms with Gasteiger partial charge in [0.25, 0.3) is 0 Å². The molecule has 0 fully saturated rings. The number of carbonyl (C=O) groups excluding carboxylic acids is 1. The predicted molar refractivity (Wildman–Crippen MR) is 70.9 cm³/mol. The van der Waals surface area contributed by atoms with Gasteiger partial charge in [-0.15, -0.1) is 0 Å². The molecule has 1 amide bonds. The molecule has 5 nitrogen and oxygen atoms in total. The Morgan fingerprint density at radius 2 is 2.33 bits per heavy atom. The lowest BCUT2D eigenvalue weighted by molar-refractivity contribution is -0.124. The van der Waals surface area contributed by atoms with Gasteiger partial charge in [-0.3, -0.25) is 4.79 Å². The number of nitrogens with zero attached hydrogens (tertiary/aromatic N) is 1. The number of amides is 1. The van der Waals surface area contributed by atoms with Crippen LogP contribution in [0.2, 0.25) is 0 Å². The van der Waals surface area contributed by atoms with Gasteiger partial charge >= 0.3 is 0 Å². The Morgan fingerprint density at radius 3 is 3.06 bits per heavy atom. The zero-order valence-electron chi connectivity index (χ0n) is 10.7.